The summed E-state index contributed by atoms with van der Waals surface area (Å²) in [6, 6.07) is 3.50. The van der Waals surface area contributed by atoms with Crippen molar-refractivity contribution < 1.29 is 13.2 Å². The molecule has 3 aromatic rings. The molecule has 5 nitrogen and oxygen atoms in total. The van der Waals surface area contributed by atoms with Crippen LogP contribution >= 0.6 is 15.9 Å². The Balaban J connectivity index is 1.55. The number of halogens is 4. The van der Waals surface area contributed by atoms with Crippen molar-refractivity contribution in [3.8, 4) is 0 Å². The summed E-state index contributed by atoms with van der Waals surface area (Å²) in [5, 5.41) is 3.72. The van der Waals surface area contributed by atoms with Crippen LogP contribution in [0.3, 0.4) is 0 Å². The van der Waals surface area contributed by atoms with Crippen LogP contribution in [-0.2, 0) is 0 Å². The van der Waals surface area contributed by atoms with E-state index < -0.39 is 23.8 Å². The first-order chi connectivity index (χ1) is 14.3. The molecule has 0 amide bonds. The second-order valence-electron chi connectivity index (χ2n) is 8.14. The Morgan fingerprint density at radius 2 is 2.00 bits per heavy atom. The van der Waals surface area contributed by atoms with Gasteiger partial charge in [0.2, 0.25) is 0 Å². The third kappa shape index (κ3) is 3.02. The van der Waals surface area contributed by atoms with Gasteiger partial charge < -0.3 is 9.88 Å². The molecule has 156 valence electrons. The molecule has 9 heteroatoms. The zero-order chi connectivity index (χ0) is 21.2. The van der Waals surface area contributed by atoms with Gasteiger partial charge in [0.1, 0.15) is 22.4 Å². The van der Waals surface area contributed by atoms with Gasteiger partial charge in [0.05, 0.1) is 22.5 Å². The standard InChI is InChI=1S/C21H18BrF3N4O/c1-10(11-3-2-4-12(16(11)23)18(24)25)28-19-13-8-29(14-7-21(14)5-6-21)20(30)15(22)17(13)26-9-27-19/h2-4,8-10,14,18H,5-7H2,1H3,(H,26,27,28)/t10-,14?/m0/s1. The number of alkyl halides is 2. The average molecular weight is 479 g/mol. The van der Waals surface area contributed by atoms with Crippen LogP contribution in [0.1, 0.15) is 55.8 Å². The molecule has 2 saturated carbocycles. The van der Waals surface area contributed by atoms with Gasteiger partial charge in [-0.25, -0.2) is 23.1 Å². The minimum atomic E-state index is -2.89. The fourth-order valence-electron chi connectivity index (χ4n) is 4.22. The largest absolute Gasteiger partial charge is 0.363 e. The highest BCUT2D eigenvalue weighted by molar-refractivity contribution is 9.10. The van der Waals surface area contributed by atoms with E-state index in [1.807, 2.05) is 0 Å². The molecule has 1 aromatic carbocycles. The van der Waals surface area contributed by atoms with Crippen molar-refractivity contribution >= 4 is 32.7 Å². The molecular formula is C21H18BrF3N4O. The van der Waals surface area contributed by atoms with E-state index in [0.717, 1.165) is 25.3 Å². The summed E-state index contributed by atoms with van der Waals surface area (Å²) in [6.07, 6.45) is 3.43. The lowest BCUT2D eigenvalue weighted by Gasteiger charge is -2.19. The first kappa shape index (κ1) is 19.5. The zero-order valence-electron chi connectivity index (χ0n) is 16.0. The molecule has 1 N–H and O–H groups in total. The van der Waals surface area contributed by atoms with Crippen molar-refractivity contribution in [3.05, 3.63) is 62.5 Å². The normalized spacial score (nSPS) is 20.0. The molecule has 2 aliphatic rings. The third-order valence-corrected chi connectivity index (χ3v) is 6.98. The topological polar surface area (TPSA) is 59.8 Å². The summed E-state index contributed by atoms with van der Waals surface area (Å²) >= 11 is 3.37. The van der Waals surface area contributed by atoms with Crippen LogP contribution in [0.2, 0.25) is 0 Å². The van der Waals surface area contributed by atoms with Crippen molar-refractivity contribution in [1.82, 2.24) is 14.5 Å². The lowest BCUT2D eigenvalue weighted by atomic mass is 10.0. The number of aromatic nitrogens is 3. The number of hydrogen-bond donors (Lipinski definition) is 1. The van der Waals surface area contributed by atoms with Gasteiger partial charge in [-0.2, -0.15) is 0 Å². The summed E-state index contributed by atoms with van der Waals surface area (Å²) in [7, 11) is 0. The molecule has 2 aromatic heterocycles. The molecule has 30 heavy (non-hydrogen) atoms. The van der Waals surface area contributed by atoms with E-state index in [4.69, 9.17) is 0 Å². The number of rotatable bonds is 5. The van der Waals surface area contributed by atoms with E-state index in [1.165, 1.54) is 18.5 Å². The van der Waals surface area contributed by atoms with Crippen molar-refractivity contribution in [1.29, 1.82) is 0 Å². The maximum Gasteiger partial charge on any atom is 0.267 e. The number of fused-ring (bicyclic) bond motifs is 1. The molecule has 1 unspecified atom stereocenters. The number of nitrogens with one attached hydrogen (secondary N) is 1. The SMILES string of the molecule is C[C@H](Nc1ncnc2c(Br)c(=O)n(C3CC34CC4)cc12)c1cccc(C(F)F)c1F. The molecule has 2 atom stereocenters. The monoisotopic (exact) mass is 478 g/mol. The summed E-state index contributed by atoms with van der Waals surface area (Å²) in [5.41, 5.74) is 0.0736. The maximum atomic E-state index is 14.6. The van der Waals surface area contributed by atoms with Crippen molar-refractivity contribution in [2.75, 3.05) is 5.32 Å². The Labute approximate surface area is 178 Å². The lowest BCUT2D eigenvalue weighted by Crippen LogP contribution is -2.21. The molecule has 2 heterocycles. The highest BCUT2D eigenvalue weighted by atomic mass is 79.9. The van der Waals surface area contributed by atoms with Crippen molar-refractivity contribution in [2.24, 2.45) is 5.41 Å². The molecule has 0 bridgehead atoms. The van der Waals surface area contributed by atoms with Gasteiger partial charge in [-0.05, 0) is 47.5 Å². The van der Waals surface area contributed by atoms with E-state index in [1.54, 1.807) is 17.7 Å². The third-order valence-electron chi connectivity index (χ3n) is 6.27. The van der Waals surface area contributed by atoms with Gasteiger partial charge in [-0.3, -0.25) is 4.79 Å². The van der Waals surface area contributed by atoms with E-state index in [2.05, 4.69) is 31.2 Å². The number of anilines is 1. The minimum absolute atomic E-state index is 0.117. The fourth-order valence-corrected chi connectivity index (χ4v) is 4.74. The zero-order valence-corrected chi connectivity index (χ0v) is 17.6. The fraction of sp³-hybridized carbons (Fsp3) is 0.381. The van der Waals surface area contributed by atoms with E-state index in [-0.39, 0.29) is 22.6 Å². The van der Waals surface area contributed by atoms with Crippen LogP contribution in [0.15, 0.2) is 40.0 Å². The first-order valence-electron chi connectivity index (χ1n) is 9.71. The number of hydrogen-bond acceptors (Lipinski definition) is 4. The van der Waals surface area contributed by atoms with Crippen molar-refractivity contribution in [3.63, 3.8) is 0 Å². The number of benzene rings is 1. The summed E-state index contributed by atoms with van der Waals surface area (Å²) < 4.78 is 42.8. The van der Waals surface area contributed by atoms with Gasteiger partial charge in [-0.15, -0.1) is 0 Å². The number of nitrogens with zero attached hydrogens (tertiary/aromatic N) is 3. The average Bonchev–Trinajstić information content (AvgIpc) is 3.64. The van der Waals surface area contributed by atoms with E-state index in [0.29, 0.717) is 21.2 Å². The quantitative estimate of drug-likeness (QED) is 0.523. The molecular weight excluding hydrogens is 461 g/mol. The minimum Gasteiger partial charge on any atom is -0.363 e. The predicted molar refractivity (Wildman–Crippen MR) is 110 cm³/mol. The van der Waals surface area contributed by atoms with Crippen LogP contribution in [0, 0.1) is 11.2 Å². The second-order valence-corrected chi connectivity index (χ2v) is 8.93. The van der Waals surface area contributed by atoms with Gasteiger partial charge in [-0.1, -0.05) is 18.2 Å². The summed E-state index contributed by atoms with van der Waals surface area (Å²) in [5.74, 6) is -0.521. The van der Waals surface area contributed by atoms with Crippen LogP contribution in [0.4, 0.5) is 19.0 Å². The first-order valence-corrected chi connectivity index (χ1v) is 10.5. The molecule has 0 aliphatic heterocycles. The Bertz CT molecular complexity index is 1220. The van der Waals surface area contributed by atoms with Crippen LogP contribution < -0.4 is 10.9 Å². The van der Waals surface area contributed by atoms with E-state index in [9.17, 15) is 18.0 Å². The molecule has 2 fully saturated rings. The Morgan fingerprint density at radius 1 is 1.27 bits per heavy atom. The molecule has 0 radical (unpaired) electrons. The van der Waals surface area contributed by atoms with Gasteiger partial charge in [0, 0.05) is 17.8 Å². The van der Waals surface area contributed by atoms with Gasteiger partial charge in [0.25, 0.3) is 12.0 Å². The van der Waals surface area contributed by atoms with Crippen LogP contribution in [0.25, 0.3) is 10.9 Å². The van der Waals surface area contributed by atoms with Crippen molar-refractivity contribution in [2.45, 2.75) is 44.7 Å². The Morgan fingerprint density at radius 3 is 2.67 bits per heavy atom. The highest BCUT2D eigenvalue weighted by Crippen LogP contribution is 2.72. The molecule has 1 spiro atoms. The lowest BCUT2D eigenvalue weighted by molar-refractivity contribution is 0.146. The summed E-state index contributed by atoms with van der Waals surface area (Å²) in [6.45, 7) is 1.67. The summed E-state index contributed by atoms with van der Waals surface area (Å²) in [4.78, 5) is 21.3. The second kappa shape index (κ2) is 6.80. The maximum absolute atomic E-state index is 14.6. The number of pyridine rings is 1. The van der Waals surface area contributed by atoms with E-state index >= 15 is 0 Å². The van der Waals surface area contributed by atoms with Crippen LogP contribution in [0.5, 0.6) is 0 Å². The van der Waals surface area contributed by atoms with Crippen LogP contribution in [-0.4, -0.2) is 14.5 Å². The highest BCUT2D eigenvalue weighted by Gasteiger charge is 2.64. The van der Waals surface area contributed by atoms with Gasteiger partial charge >= 0.3 is 0 Å². The van der Waals surface area contributed by atoms with Gasteiger partial charge in [0.15, 0.2) is 0 Å². The molecule has 2 aliphatic carbocycles. The molecule has 0 saturated heterocycles. The Kier molecular flexibility index (Phi) is 4.43. The smallest absolute Gasteiger partial charge is 0.267 e. The Hall–Kier alpha value is -2.42. The predicted octanol–water partition coefficient (Wildman–Crippen LogP) is 5.53. The molecule has 5 rings (SSSR count).